The molecule has 0 unspecified atom stereocenters. The molecule has 0 spiro atoms. The summed E-state index contributed by atoms with van der Waals surface area (Å²) in [6, 6.07) is 0. The lowest BCUT2D eigenvalue weighted by Crippen LogP contribution is -2.23. The Morgan fingerprint density at radius 2 is 1.76 bits per heavy atom. The van der Waals surface area contributed by atoms with E-state index in [2.05, 4.69) is 13.8 Å². The van der Waals surface area contributed by atoms with Crippen LogP contribution in [0.4, 0.5) is 0 Å². The summed E-state index contributed by atoms with van der Waals surface area (Å²) >= 11 is 0. The minimum absolute atomic E-state index is 0.0784. The van der Waals surface area contributed by atoms with Gasteiger partial charge >= 0.3 is 5.97 Å². The second-order valence-electron chi connectivity index (χ2n) is 5.52. The summed E-state index contributed by atoms with van der Waals surface area (Å²) in [5.41, 5.74) is -0.351. The zero-order valence-corrected chi connectivity index (χ0v) is 13.4. The van der Waals surface area contributed by atoms with Crippen LogP contribution < -0.4 is 0 Å². The Kier molecular flexibility index (Phi) is 9.24. The average molecular weight is 278 g/mol. The molecule has 0 saturated carbocycles. The molecule has 0 aliphatic heterocycles. The van der Waals surface area contributed by atoms with E-state index in [0.29, 0.717) is 6.42 Å². The summed E-state index contributed by atoms with van der Waals surface area (Å²) in [6.07, 6.45) is 2.72. The summed E-state index contributed by atoms with van der Waals surface area (Å²) in [6.45, 7) is 10.2. The number of hydrogen-bond acceptors (Lipinski definition) is 4. The molecule has 0 atom stereocenters. The van der Waals surface area contributed by atoms with Gasteiger partial charge in [0.1, 0.15) is 5.60 Å². The van der Waals surface area contributed by atoms with Gasteiger partial charge in [0.15, 0.2) is 0 Å². The zero-order chi connectivity index (χ0) is 13.3. The zero-order valence-electron chi connectivity index (χ0n) is 11.7. The van der Waals surface area contributed by atoms with Crippen molar-refractivity contribution in [1.82, 2.24) is 0 Å². The third-order valence-corrected chi connectivity index (χ3v) is 4.41. The lowest BCUT2D eigenvalue weighted by Gasteiger charge is -2.19. The van der Waals surface area contributed by atoms with Crippen LogP contribution in [0.1, 0.15) is 53.9 Å². The molecule has 0 bridgehead atoms. The number of carbonyl (C=O) groups is 1. The van der Waals surface area contributed by atoms with Crippen LogP contribution in [0, 0.1) is 5.92 Å². The molecular weight excluding hydrogens is 252 g/mol. The maximum absolute atomic E-state index is 11.4. The van der Waals surface area contributed by atoms with Crippen molar-refractivity contribution < 1.29 is 9.53 Å². The molecule has 102 valence electrons. The topological polar surface area (TPSA) is 26.3 Å². The number of esters is 1. The third kappa shape index (κ3) is 14.1. The van der Waals surface area contributed by atoms with Crippen molar-refractivity contribution in [2.75, 3.05) is 11.5 Å². The maximum atomic E-state index is 11.4. The van der Waals surface area contributed by atoms with E-state index in [1.165, 1.54) is 12.2 Å². The number of rotatable bonds is 8. The molecule has 0 aliphatic carbocycles. The Balaban J connectivity index is 3.31. The van der Waals surface area contributed by atoms with Gasteiger partial charge in [0, 0.05) is 17.9 Å². The minimum atomic E-state index is -0.351. The molecule has 0 rings (SSSR count). The first-order valence-electron chi connectivity index (χ1n) is 6.27. The van der Waals surface area contributed by atoms with Crippen molar-refractivity contribution in [2.45, 2.75) is 59.5 Å². The Morgan fingerprint density at radius 1 is 1.18 bits per heavy atom. The highest BCUT2D eigenvalue weighted by atomic mass is 33.1. The molecule has 17 heavy (non-hydrogen) atoms. The van der Waals surface area contributed by atoms with Gasteiger partial charge in [-0.15, -0.1) is 0 Å². The van der Waals surface area contributed by atoms with Crippen LogP contribution in [0.3, 0.4) is 0 Å². The highest BCUT2D eigenvalue weighted by Gasteiger charge is 2.15. The van der Waals surface area contributed by atoms with Crippen molar-refractivity contribution in [3.05, 3.63) is 0 Å². The predicted molar refractivity (Wildman–Crippen MR) is 79.5 cm³/mol. The third-order valence-electron chi connectivity index (χ3n) is 1.89. The first kappa shape index (κ1) is 17.2. The fourth-order valence-corrected chi connectivity index (χ4v) is 3.48. The molecule has 0 fully saturated rings. The Bertz CT molecular complexity index is 210. The summed E-state index contributed by atoms with van der Waals surface area (Å²) in [4.78, 5) is 11.4. The fourth-order valence-electron chi connectivity index (χ4n) is 1.07. The fraction of sp³-hybridized carbons (Fsp3) is 0.923. The summed E-state index contributed by atoms with van der Waals surface area (Å²) in [5.74, 6) is 2.94. The SMILES string of the molecule is CC(C)CCSSCCCC(=O)OC(C)(C)C. The van der Waals surface area contributed by atoms with Gasteiger partial charge in [0.25, 0.3) is 0 Å². The van der Waals surface area contributed by atoms with Gasteiger partial charge < -0.3 is 4.74 Å². The van der Waals surface area contributed by atoms with Crippen LogP contribution in [0.5, 0.6) is 0 Å². The Hall–Kier alpha value is 0.170. The van der Waals surface area contributed by atoms with E-state index in [9.17, 15) is 4.79 Å². The van der Waals surface area contributed by atoms with Crippen molar-refractivity contribution >= 4 is 27.6 Å². The van der Waals surface area contributed by atoms with Gasteiger partial charge in [-0.1, -0.05) is 35.4 Å². The molecule has 0 aromatic carbocycles. The van der Waals surface area contributed by atoms with Crippen LogP contribution in [0.2, 0.25) is 0 Å². The van der Waals surface area contributed by atoms with Crippen LogP contribution in [-0.4, -0.2) is 23.1 Å². The van der Waals surface area contributed by atoms with Gasteiger partial charge in [-0.25, -0.2) is 0 Å². The largest absolute Gasteiger partial charge is 0.460 e. The molecule has 0 aromatic heterocycles. The lowest BCUT2D eigenvalue weighted by molar-refractivity contribution is -0.154. The van der Waals surface area contributed by atoms with Crippen LogP contribution in [0.15, 0.2) is 0 Å². The maximum Gasteiger partial charge on any atom is 0.306 e. The van der Waals surface area contributed by atoms with E-state index in [0.717, 1.165) is 18.1 Å². The second-order valence-corrected chi connectivity index (χ2v) is 8.22. The second kappa shape index (κ2) is 9.15. The van der Waals surface area contributed by atoms with Gasteiger partial charge in [-0.05, 0) is 39.5 Å². The lowest BCUT2D eigenvalue weighted by atomic mass is 10.2. The van der Waals surface area contributed by atoms with Gasteiger partial charge in [-0.2, -0.15) is 0 Å². The number of hydrogen-bond donors (Lipinski definition) is 0. The predicted octanol–water partition coefficient (Wildman–Crippen LogP) is 4.54. The normalized spacial score (nSPS) is 11.9. The first-order chi connectivity index (χ1) is 7.81. The average Bonchev–Trinajstić information content (AvgIpc) is 2.12. The molecule has 0 radical (unpaired) electrons. The van der Waals surface area contributed by atoms with E-state index < -0.39 is 0 Å². The van der Waals surface area contributed by atoms with Crippen molar-refractivity contribution in [1.29, 1.82) is 0 Å². The smallest absolute Gasteiger partial charge is 0.306 e. The minimum Gasteiger partial charge on any atom is -0.460 e. The van der Waals surface area contributed by atoms with E-state index in [1.807, 2.05) is 42.4 Å². The van der Waals surface area contributed by atoms with E-state index in [-0.39, 0.29) is 11.6 Å². The molecular formula is C13H26O2S2. The highest BCUT2D eigenvalue weighted by molar-refractivity contribution is 8.76. The summed E-state index contributed by atoms with van der Waals surface area (Å²) in [7, 11) is 3.78. The van der Waals surface area contributed by atoms with Gasteiger partial charge in [-0.3, -0.25) is 4.79 Å². The van der Waals surface area contributed by atoms with Gasteiger partial charge in [0.05, 0.1) is 0 Å². The molecule has 0 N–H and O–H groups in total. The Morgan fingerprint density at radius 3 is 2.29 bits per heavy atom. The standard InChI is InChI=1S/C13H26O2S2/c1-11(2)8-10-17-16-9-6-7-12(14)15-13(3,4)5/h11H,6-10H2,1-5H3. The first-order valence-corrected chi connectivity index (χ1v) is 8.76. The summed E-state index contributed by atoms with van der Waals surface area (Å²) in [5, 5.41) is 0. The van der Waals surface area contributed by atoms with Crippen molar-refractivity contribution in [3.63, 3.8) is 0 Å². The van der Waals surface area contributed by atoms with Crippen molar-refractivity contribution in [3.8, 4) is 0 Å². The Labute approximate surface area is 114 Å². The number of carbonyl (C=O) groups excluding carboxylic acids is 1. The number of ether oxygens (including phenoxy) is 1. The van der Waals surface area contributed by atoms with E-state index in [1.54, 1.807) is 0 Å². The van der Waals surface area contributed by atoms with Crippen LogP contribution in [0.25, 0.3) is 0 Å². The van der Waals surface area contributed by atoms with Crippen LogP contribution in [-0.2, 0) is 9.53 Å². The van der Waals surface area contributed by atoms with Crippen molar-refractivity contribution in [2.24, 2.45) is 5.92 Å². The molecule has 0 amide bonds. The molecule has 0 heterocycles. The quantitative estimate of drug-likeness (QED) is 0.370. The molecule has 4 heteroatoms. The molecule has 0 aromatic rings. The molecule has 2 nitrogen and oxygen atoms in total. The molecule has 0 aliphatic rings. The van der Waals surface area contributed by atoms with Gasteiger partial charge in [0.2, 0.25) is 0 Å². The van der Waals surface area contributed by atoms with Crippen LogP contribution >= 0.6 is 21.6 Å². The van der Waals surface area contributed by atoms with E-state index in [4.69, 9.17) is 4.74 Å². The highest BCUT2D eigenvalue weighted by Crippen LogP contribution is 2.24. The monoisotopic (exact) mass is 278 g/mol. The molecule has 0 saturated heterocycles. The summed E-state index contributed by atoms with van der Waals surface area (Å²) < 4.78 is 5.24. The van der Waals surface area contributed by atoms with E-state index >= 15 is 0 Å².